The number of halogens is 4. The molecule has 1 N–H and O–H groups in total. The average Bonchev–Trinajstić information content (AvgIpc) is 3.25. The average molecular weight is 494 g/mol. The van der Waals surface area contributed by atoms with Crippen molar-refractivity contribution in [3.05, 3.63) is 82.6 Å². The number of sulfone groups is 1. The first kappa shape index (κ1) is 22.9. The maximum atomic E-state index is 13.4. The summed E-state index contributed by atoms with van der Waals surface area (Å²) in [5.41, 5.74) is 0.322. The van der Waals surface area contributed by atoms with Gasteiger partial charge in [0.05, 0.1) is 21.6 Å². The molecule has 4 aromatic rings. The Labute approximate surface area is 191 Å². The van der Waals surface area contributed by atoms with E-state index in [4.69, 9.17) is 11.6 Å². The van der Waals surface area contributed by atoms with Gasteiger partial charge in [0.2, 0.25) is 9.84 Å². The Kier molecular flexibility index (Phi) is 5.98. The number of alkyl halides is 3. The molecule has 0 radical (unpaired) electrons. The summed E-state index contributed by atoms with van der Waals surface area (Å²) >= 11 is 5.64. The molecule has 0 aliphatic rings. The van der Waals surface area contributed by atoms with Crippen LogP contribution in [0.1, 0.15) is 27.9 Å². The number of H-pyrrole nitrogens is 1. The molecule has 6 nitrogen and oxygen atoms in total. The number of fused-ring (bicyclic) bond motifs is 1. The zero-order valence-electron chi connectivity index (χ0n) is 16.7. The summed E-state index contributed by atoms with van der Waals surface area (Å²) in [6.07, 6.45) is -1.42. The summed E-state index contributed by atoms with van der Waals surface area (Å²) in [5, 5.41) is 7.03. The quantitative estimate of drug-likeness (QED) is 0.369. The van der Waals surface area contributed by atoms with Crippen LogP contribution in [0.15, 0.2) is 70.7 Å². The van der Waals surface area contributed by atoms with Crippen molar-refractivity contribution in [1.82, 2.24) is 15.2 Å². The number of aryl methyl sites for hydroxylation is 1. The van der Waals surface area contributed by atoms with Crippen molar-refractivity contribution < 1.29 is 26.4 Å². The van der Waals surface area contributed by atoms with Crippen LogP contribution in [0.5, 0.6) is 0 Å². The third kappa shape index (κ3) is 4.76. The highest BCUT2D eigenvalue weighted by Crippen LogP contribution is 2.38. The van der Waals surface area contributed by atoms with Gasteiger partial charge in [0.15, 0.2) is 11.4 Å². The Morgan fingerprint density at radius 2 is 1.76 bits per heavy atom. The fourth-order valence-electron chi connectivity index (χ4n) is 3.31. The minimum atomic E-state index is -4.89. The second-order valence-electron chi connectivity index (χ2n) is 7.24. The van der Waals surface area contributed by atoms with E-state index in [1.54, 1.807) is 12.3 Å². The van der Waals surface area contributed by atoms with E-state index >= 15 is 0 Å². The minimum Gasteiger partial charge on any atom is -0.294 e. The monoisotopic (exact) mass is 493 g/mol. The highest BCUT2D eigenvalue weighted by atomic mass is 35.5. The zero-order valence-corrected chi connectivity index (χ0v) is 18.3. The number of carbonyl (C=O) groups excluding carboxylic acids is 1. The summed E-state index contributed by atoms with van der Waals surface area (Å²) < 4.78 is 65.8. The van der Waals surface area contributed by atoms with Crippen LogP contribution in [-0.4, -0.2) is 29.4 Å². The number of aromatic amines is 1. The molecule has 0 aliphatic carbocycles. The van der Waals surface area contributed by atoms with Gasteiger partial charge in [0.1, 0.15) is 0 Å². The number of pyridine rings is 1. The summed E-state index contributed by atoms with van der Waals surface area (Å²) in [5.74, 6) is -0.154. The van der Waals surface area contributed by atoms with E-state index in [0.29, 0.717) is 34.6 Å². The van der Waals surface area contributed by atoms with Crippen molar-refractivity contribution in [2.45, 2.75) is 28.8 Å². The van der Waals surface area contributed by atoms with Crippen LogP contribution < -0.4 is 0 Å². The normalized spacial score (nSPS) is 12.2. The summed E-state index contributed by atoms with van der Waals surface area (Å²) in [6.45, 7) is 0. The Hall–Kier alpha value is -3.24. The van der Waals surface area contributed by atoms with E-state index in [2.05, 4.69) is 15.2 Å². The lowest BCUT2D eigenvalue weighted by Crippen LogP contribution is -2.13. The summed E-state index contributed by atoms with van der Waals surface area (Å²) in [4.78, 5) is 15.4. The summed E-state index contributed by atoms with van der Waals surface area (Å²) in [7, 11) is -4.44. The Balaban J connectivity index is 1.52. The number of hydrogen-bond donors (Lipinski definition) is 1. The van der Waals surface area contributed by atoms with Crippen LogP contribution in [0.4, 0.5) is 13.2 Å². The molecule has 2 aromatic carbocycles. The molecule has 33 heavy (non-hydrogen) atoms. The maximum absolute atomic E-state index is 13.4. The van der Waals surface area contributed by atoms with Gasteiger partial charge in [-0.3, -0.25) is 9.89 Å². The molecule has 0 bridgehead atoms. The van der Waals surface area contributed by atoms with E-state index in [-0.39, 0.29) is 22.1 Å². The minimum absolute atomic E-state index is 0.145. The molecule has 4 rings (SSSR count). The topological polar surface area (TPSA) is 92.8 Å². The lowest BCUT2D eigenvalue weighted by Gasteiger charge is -2.14. The van der Waals surface area contributed by atoms with Gasteiger partial charge in [-0.1, -0.05) is 23.7 Å². The third-order valence-corrected chi connectivity index (χ3v) is 7.09. The van der Waals surface area contributed by atoms with Crippen LogP contribution in [0, 0.1) is 0 Å². The van der Waals surface area contributed by atoms with Gasteiger partial charge in [-0.2, -0.15) is 18.3 Å². The third-order valence-electron chi connectivity index (χ3n) is 5.02. The van der Waals surface area contributed by atoms with E-state index in [1.165, 1.54) is 30.5 Å². The van der Waals surface area contributed by atoms with Gasteiger partial charge in [-0.05, 0) is 48.4 Å². The van der Waals surface area contributed by atoms with Gasteiger partial charge < -0.3 is 0 Å². The molecule has 2 heterocycles. The van der Waals surface area contributed by atoms with Crippen molar-refractivity contribution in [2.24, 2.45) is 0 Å². The molecule has 0 atom stereocenters. The molecule has 0 fully saturated rings. The second kappa shape index (κ2) is 8.60. The van der Waals surface area contributed by atoms with Crippen molar-refractivity contribution >= 4 is 38.3 Å². The molecule has 0 spiro atoms. The molecule has 0 unspecified atom stereocenters. The standard InChI is InChI=1S/C22H15ClF3N3O3S/c23-16-4-8-20(18(10-16)22(24,25)26)33(31,32)17-5-1-13(2-6-17)3-7-19(30)14-9-15-12-28-29-21(15)27-11-14/h1-2,4-6,8-12H,3,7H2,(H,27,28,29). The number of hydrogen-bond acceptors (Lipinski definition) is 5. The first-order valence-electron chi connectivity index (χ1n) is 9.59. The van der Waals surface area contributed by atoms with Gasteiger partial charge in [-0.25, -0.2) is 13.4 Å². The fourth-order valence-corrected chi connectivity index (χ4v) is 4.94. The van der Waals surface area contributed by atoms with Crippen LogP contribution in [0.25, 0.3) is 11.0 Å². The number of rotatable bonds is 6. The van der Waals surface area contributed by atoms with Crippen LogP contribution in [0.2, 0.25) is 5.02 Å². The predicted molar refractivity (Wildman–Crippen MR) is 115 cm³/mol. The Bertz CT molecular complexity index is 1450. The van der Waals surface area contributed by atoms with E-state index in [0.717, 1.165) is 12.1 Å². The largest absolute Gasteiger partial charge is 0.417 e. The molecular formula is C22H15ClF3N3O3S. The lowest BCUT2D eigenvalue weighted by molar-refractivity contribution is -0.139. The fraction of sp³-hybridized carbons (Fsp3) is 0.136. The van der Waals surface area contributed by atoms with Crippen LogP contribution >= 0.6 is 11.6 Å². The molecule has 170 valence electrons. The maximum Gasteiger partial charge on any atom is 0.417 e. The van der Waals surface area contributed by atoms with Crippen LogP contribution in [-0.2, 0) is 22.4 Å². The van der Waals surface area contributed by atoms with Crippen molar-refractivity contribution in [3.63, 3.8) is 0 Å². The zero-order chi connectivity index (χ0) is 23.8. The predicted octanol–water partition coefficient (Wildman–Crippen LogP) is 5.28. The van der Waals surface area contributed by atoms with Gasteiger partial charge in [-0.15, -0.1) is 0 Å². The van der Waals surface area contributed by atoms with E-state index < -0.39 is 26.5 Å². The second-order valence-corrected chi connectivity index (χ2v) is 9.60. The number of benzene rings is 2. The number of nitrogens with one attached hydrogen (secondary N) is 1. The molecular weight excluding hydrogens is 479 g/mol. The Morgan fingerprint density at radius 1 is 1.03 bits per heavy atom. The molecule has 11 heteroatoms. The van der Waals surface area contributed by atoms with E-state index in [9.17, 15) is 26.4 Å². The smallest absolute Gasteiger partial charge is 0.294 e. The molecule has 2 aromatic heterocycles. The van der Waals surface area contributed by atoms with Crippen molar-refractivity contribution in [1.29, 1.82) is 0 Å². The lowest BCUT2D eigenvalue weighted by atomic mass is 10.0. The molecule has 0 saturated carbocycles. The molecule has 0 saturated heterocycles. The number of nitrogens with zero attached hydrogens (tertiary/aromatic N) is 2. The summed E-state index contributed by atoms with van der Waals surface area (Å²) in [6, 6.07) is 9.60. The van der Waals surface area contributed by atoms with Gasteiger partial charge >= 0.3 is 6.18 Å². The highest BCUT2D eigenvalue weighted by molar-refractivity contribution is 7.91. The number of Topliss-reactive ketones (excluding diaryl/α,β-unsaturated/α-hetero) is 1. The van der Waals surface area contributed by atoms with Crippen molar-refractivity contribution in [3.8, 4) is 0 Å². The first-order valence-corrected chi connectivity index (χ1v) is 11.4. The van der Waals surface area contributed by atoms with E-state index in [1.807, 2.05) is 0 Å². The number of ketones is 1. The van der Waals surface area contributed by atoms with Crippen molar-refractivity contribution in [2.75, 3.05) is 0 Å². The SMILES string of the molecule is O=C(CCc1ccc(S(=O)(=O)c2ccc(Cl)cc2C(F)(F)F)cc1)c1cnc2[nH]ncc2c1. The van der Waals surface area contributed by atoms with Gasteiger partial charge in [0, 0.05) is 28.6 Å². The number of carbonyl (C=O) groups is 1. The molecule has 0 amide bonds. The number of aromatic nitrogens is 3. The first-order chi connectivity index (χ1) is 15.6. The van der Waals surface area contributed by atoms with Crippen LogP contribution in [0.3, 0.4) is 0 Å². The van der Waals surface area contributed by atoms with Gasteiger partial charge in [0.25, 0.3) is 0 Å². The molecule has 0 aliphatic heterocycles. The highest BCUT2D eigenvalue weighted by Gasteiger charge is 2.37. The Morgan fingerprint density at radius 3 is 2.45 bits per heavy atom.